The number of carbonyl (C=O) groups excluding carboxylic acids is 1. The fraction of sp³-hybridized carbons (Fsp3) is 0.625. The average Bonchev–Trinajstić information content (AvgIpc) is 3.06. The number of halogens is 2. The zero-order chi connectivity index (χ0) is 19.3. The van der Waals surface area contributed by atoms with Gasteiger partial charge < -0.3 is 14.7 Å². The van der Waals surface area contributed by atoms with E-state index in [1.165, 1.54) is 4.90 Å². The van der Waals surface area contributed by atoms with E-state index in [4.69, 9.17) is 9.84 Å². The van der Waals surface area contributed by atoms with E-state index in [9.17, 15) is 18.4 Å². The summed E-state index contributed by atoms with van der Waals surface area (Å²) in [5.74, 6) is -4.33. The van der Waals surface area contributed by atoms with E-state index in [0.29, 0.717) is 6.42 Å². The van der Waals surface area contributed by atoms with Crippen molar-refractivity contribution < 1.29 is 28.2 Å². The van der Waals surface area contributed by atoms with E-state index >= 15 is 0 Å². The monoisotopic (exact) mass is 370 g/mol. The summed E-state index contributed by atoms with van der Waals surface area (Å²) in [7, 11) is 0. The Labute approximate surface area is 148 Å². The second kappa shape index (κ2) is 6.03. The van der Waals surface area contributed by atoms with Gasteiger partial charge in [0.15, 0.2) is 0 Å². The molecule has 0 saturated carbocycles. The highest BCUT2D eigenvalue weighted by Crippen LogP contribution is 2.43. The van der Waals surface area contributed by atoms with Crippen LogP contribution in [-0.4, -0.2) is 68.7 Å². The summed E-state index contributed by atoms with van der Waals surface area (Å²) in [6.45, 7) is 4.53. The van der Waals surface area contributed by atoms with Gasteiger partial charge in [-0.15, -0.1) is 0 Å². The van der Waals surface area contributed by atoms with Crippen molar-refractivity contribution in [3.8, 4) is 0 Å². The molecule has 0 radical (unpaired) electrons. The van der Waals surface area contributed by atoms with Crippen LogP contribution in [0.3, 0.4) is 0 Å². The molecule has 2 saturated heterocycles. The molecule has 0 unspecified atom stereocenters. The molecule has 0 aromatic carbocycles. The molecule has 1 N–H and O–H groups in total. The van der Waals surface area contributed by atoms with Crippen molar-refractivity contribution in [2.75, 3.05) is 18.0 Å². The third-order valence-electron chi connectivity index (χ3n) is 4.35. The molecule has 10 heteroatoms. The Bertz CT molecular complexity index is 720. The van der Waals surface area contributed by atoms with Crippen LogP contribution in [0.1, 0.15) is 37.6 Å². The largest absolute Gasteiger partial charge is 0.478 e. The summed E-state index contributed by atoms with van der Waals surface area (Å²) in [5.41, 5.74) is -0.906. The molecule has 142 valence electrons. The van der Waals surface area contributed by atoms with Crippen molar-refractivity contribution in [1.29, 1.82) is 0 Å². The molecule has 0 aliphatic carbocycles. The van der Waals surface area contributed by atoms with Crippen molar-refractivity contribution >= 4 is 18.0 Å². The number of aromatic nitrogens is 2. The smallest absolute Gasteiger partial charge is 0.410 e. The molecule has 2 fully saturated rings. The van der Waals surface area contributed by atoms with Crippen molar-refractivity contribution in [2.45, 2.75) is 50.8 Å². The van der Waals surface area contributed by atoms with Gasteiger partial charge in [-0.05, 0) is 27.2 Å². The molecule has 2 atom stereocenters. The van der Waals surface area contributed by atoms with Gasteiger partial charge in [0.2, 0.25) is 5.95 Å². The lowest BCUT2D eigenvalue weighted by molar-refractivity contribution is -0.0111. The zero-order valence-electron chi connectivity index (χ0n) is 14.6. The molecule has 2 aliphatic rings. The lowest BCUT2D eigenvalue weighted by Crippen LogP contribution is -2.46. The highest BCUT2D eigenvalue weighted by Gasteiger charge is 2.62. The number of nitrogens with zero attached hydrogens (tertiary/aromatic N) is 4. The molecule has 8 nitrogen and oxygen atoms in total. The van der Waals surface area contributed by atoms with Crippen molar-refractivity contribution in [2.24, 2.45) is 0 Å². The Kier molecular flexibility index (Phi) is 4.24. The van der Waals surface area contributed by atoms with Gasteiger partial charge in [-0.2, -0.15) is 0 Å². The third-order valence-corrected chi connectivity index (χ3v) is 4.35. The van der Waals surface area contributed by atoms with Gasteiger partial charge in [-0.3, -0.25) is 4.90 Å². The van der Waals surface area contributed by atoms with Gasteiger partial charge in [-0.1, -0.05) is 0 Å². The Morgan fingerprint density at radius 3 is 2.46 bits per heavy atom. The molecule has 0 bridgehead atoms. The Hall–Kier alpha value is -2.52. The van der Waals surface area contributed by atoms with Crippen LogP contribution in [0.2, 0.25) is 0 Å². The molecule has 1 aromatic rings. The maximum atomic E-state index is 14.6. The molecular weight excluding hydrogens is 350 g/mol. The lowest BCUT2D eigenvalue weighted by atomic mass is 10.1. The first kappa shape index (κ1) is 18.3. The first-order chi connectivity index (χ1) is 12.0. The van der Waals surface area contributed by atoms with Crippen molar-refractivity contribution in [3.63, 3.8) is 0 Å². The van der Waals surface area contributed by atoms with Crippen LogP contribution in [0, 0.1) is 0 Å². The number of hydrogen-bond acceptors (Lipinski definition) is 6. The number of carboxylic acid groups (broad SMARTS) is 1. The zero-order valence-corrected chi connectivity index (χ0v) is 14.6. The van der Waals surface area contributed by atoms with Crippen LogP contribution in [0.4, 0.5) is 19.5 Å². The van der Waals surface area contributed by atoms with Crippen LogP contribution in [0.25, 0.3) is 0 Å². The van der Waals surface area contributed by atoms with Crippen LogP contribution < -0.4 is 4.90 Å². The van der Waals surface area contributed by atoms with Gasteiger partial charge in [0.25, 0.3) is 5.92 Å². The number of aromatic carboxylic acids is 1. The molecule has 1 aromatic heterocycles. The number of carboxylic acids is 1. The fourth-order valence-electron chi connectivity index (χ4n) is 3.37. The molecule has 3 rings (SSSR count). The van der Waals surface area contributed by atoms with Gasteiger partial charge in [0.1, 0.15) is 11.6 Å². The number of anilines is 1. The fourth-order valence-corrected chi connectivity index (χ4v) is 3.37. The third kappa shape index (κ3) is 3.27. The number of alkyl halides is 2. The SMILES string of the molecule is CC(C)(C)OC(=O)N1CC(F)(F)[C@H]2[C@@H]1CCN2c1ncc(C(=O)O)cn1. The number of hydrogen-bond donors (Lipinski definition) is 1. The summed E-state index contributed by atoms with van der Waals surface area (Å²) < 4.78 is 34.5. The Morgan fingerprint density at radius 2 is 1.92 bits per heavy atom. The van der Waals surface area contributed by atoms with Crippen LogP contribution in [0.5, 0.6) is 0 Å². The summed E-state index contributed by atoms with van der Waals surface area (Å²) >= 11 is 0. The summed E-state index contributed by atoms with van der Waals surface area (Å²) in [5, 5.41) is 8.89. The minimum absolute atomic E-state index is 0.0215. The highest BCUT2D eigenvalue weighted by atomic mass is 19.3. The predicted molar refractivity (Wildman–Crippen MR) is 86.4 cm³/mol. The number of likely N-dealkylation sites (tertiary alicyclic amines) is 1. The van der Waals surface area contributed by atoms with E-state index in [-0.39, 0.29) is 18.1 Å². The Balaban J connectivity index is 1.83. The predicted octanol–water partition coefficient (Wildman–Crippen LogP) is 2.01. The second-order valence-corrected chi connectivity index (χ2v) is 7.44. The quantitative estimate of drug-likeness (QED) is 0.851. The first-order valence-electron chi connectivity index (χ1n) is 8.19. The summed E-state index contributed by atoms with van der Waals surface area (Å²) in [6.07, 6.45) is 1.71. The van der Waals surface area contributed by atoms with Gasteiger partial charge in [0, 0.05) is 18.9 Å². The summed E-state index contributed by atoms with van der Waals surface area (Å²) in [4.78, 5) is 33.4. The molecule has 3 heterocycles. The molecule has 2 aliphatic heterocycles. The molecule has 26 heavy (non-hydrogen) atoms. The van der Waals surface area contributed by atoms with E-state index < -0.39 is 42.2 Å². The van der Waals surface area contributed by atoms with E-state index in [1.54, 1.807) is 20.8 Å². The lowest BCUT2D eigenvalue weighted by Gasteiger charge is -2.28. The number of fused-ring (bicyclic) bond motifs is 1. The van der Waals surface area contributed by atoms with Crippen LogP contribution in [0.15, 0.2) is 12.4 Å². The van der Waals surface area contributed by atoms with E-state index in [0.717, 1.165) is 17.3 Å². The Morgan fingerprint density at radius 1 is 1.31 bits per heavy atom. The minimum Gasteiger partial charge on any atom is -0.478 e. The first-order valence-corrected chi connectivity index (χ1v) is 8.19. The normalized spacial score (nSPS) is 24.5. The average molecular weight is 370 g/mol. The molecular formula is C16H20F2N4O4. The van der Waals surface area contributed by atoms with Crippen molar-refractivity contribution in [1.82, 2.24) is 14.9 Å². The van der Waals surface area contributed by atoms with Gasteiger partial charge in [0.05, 0.1) is 18.2 Å². The second-order valence-electron chi connectivity index (χ2n) is 7.44. The van der Waals surface area contributed by atoms with E-state index in [2.05, 4.69) is 9.97 Å². The minimum atomic E-state index is -3.16. The van der Waals surface area contributed by atoms with Crippen molar-refractivity contribution in [3.05, 3.63) is 18.0 Å². The maximum absolute atomic E-state index is 14.6. The standard InChI is InChI=1S/C16H20F2N4O4/c1-15(2,3)26-14(25)22-8-16(17,18)11-10(22)4-5-21(11)13-19-6-9(7-20-13)12(23)24/h6-7,10-11H,4-5,8H2,1-3H3,(H,23,24)/t10-,11+/m0/s1. The topological polar surface area (TPSA) is 95.9 Å². The number of rotatable bonds is 2. The van der Waals surface area contributed by atoms with Crippen LogP contribution >= 0.6 is 0 Å². The van der Waals surface area contributed by atoms with Crippen LogP contribution in [-0.2, 0) is 4.74 Å². The maximum Gasteiger partial charge on any atom is 0.410 e. The van der Waals surface area contributed by atoms with Gasteiger partial charge >= 0.3 is 12.1 Å². The summed E-state index contributed by atoms with van der Waals surface area (Å²) in [6, 6.07) is -1.99. The van der Waals surface area contributed by atoms with Gasteiger partial charge in [-0.25, -0.2) is 28.3 Å². The highest BCUT2D eigenvalue weighted by molar-refractivity contribution is 5.86. The number of ether oxygens (including phenoxy) is 1. The number of amides is 1. The molecule has 0 spiro atoms. The molecule has 1 amide bonds. The van der Waals surface area contributed by atoms with E-state index in [1.807, 2.05) is 0 Å². The number of carbonyl (C=O) groups is 2.